The molecule has 0 fully saturated rings. The van der Waals surface area contributed by atoms with Crippen molar-refractivity contribution < 1.29 is 4.79 Å². The SMILES string of the molecule is CC(=O)NCCC=Cc1ccncc1C. The van der Waals surface area contributed by atoms with Crippen LogP contribution in [0.5, 0.6) is 0 Å². The number of hydrogen-bond acceptors (Lipinski definition) is 2. The predicted molar refractivity (Wildman–Crippen MR) is 61.3 cm³/mol. The van der Waals surface area contributed by atoms with Gasteiger partial charge < -0.3 is 5.32 Å². The summed E-state index contributed by atoms with van der Waals surface area (Å²) < 4.78 is 0. The van der Waals surface area contributed by atoms with Gasteiger partial charge in [-0.3, -0.25) is 9.78 Å². The fourth-order valence-corrected chi connectivity index (χ4v) is 1.21. The van der Waals surface area contributed by atoms with Gasteiger partial charge in [0.2, 0.25) is 5.91 Å². The minimum Gasteiger partial charge on any atom is -0.356 e. The molecule has 0 radical (unpaired) electrons. The highest BCUT2D eigenvalue weighted by Gasteiger charge is 1.91. The van der Waals surface area contributed by atoms with Gasteiger partial charge in [-0.05, 0) is 30.5 Å². The molecular weight excluding hydrogens is 188 g/mol. The summed E-state index contributed by atoms with van der Waals surface area (Å²) >= 11 is 0. The summed E-state index contributed by atoms with van der Waals surface area (Å²) in [6.45, 7) is 4.24. The molecule has 80 valence electrons. The summed E-state index contributed by atoms with van der Waals surface area (Å²) in [5.74, 6) is 0.0171. The first kappa shape index (κ1) is 11.4. The van der Waals surface area contributed by atoms with Gasteiger partial charge >= 0.3 is 0 Å². The number of aromatic nitrogens is 1. The van der Waals surface area contributed by atoms with E-state index in [1.165, 1.54) is 12.5 Å². The molecule has 0 saturated heterocycles. The minimum atomic E-state index is 0.0171. The number of aryl methyl sites for hydroxylation is 1. The summed E-state index contributed by atoms with van der Waals surface area (Å²) in [5, 5.41) is 2.74. The van der Waals surface area contributed by atoms with Crippen LogP contribution < -0.4 is 5.32 Å². The summed E-state index contributed by atoms with van der Waals surface area (Å²) in [5.41, 5.74) is 2.33. The van der Waals surface area contributed by atoms with Crippen LogP contribution in [0.2, 0.25) is 0 Å². The zero-order valence-electron chi connectivity index (χ0n) is 9.16. The van der Waals surface area contributed by atoms with E-state index in [4.69, 9.17) is 0 Å². The first-order chi connectivity index (χ1) is 7.20. The molecule has 1 aromatic rings. The number of amides is 1. The van der Waals surface area contributed by atoms with E-state index in [1.807, 2.05) is 19.2 Å². The van der Waals surface area contributed by atoms with Crippen molar-refractivity contribution in [3.8, 4) is 0 Å². The summed E-state index contributed by atoms with van der Waals surface area (Å²) in [4.78, 5) is 14.6. The van der Waals surface area contributed by atoms with Crippen molar-refractivity contribution in [3.05, 3.63) is 35.7 Å². The quantitative estimate of drug-likeness (QED) is 0.761. The van der Waals surface area contributed by atoms with Crippen molar-refractivity contribution in [3.63, 3.8) is 0 Å². The molecule has 3 nitrogen and oxygen atoms in total. The molecule has 1 aromatic heterocycles. The summed E-state index contributed by atoms with van der Waals surface area (Å²) in [6, 6.07) is 1.98. The molecule has 0 unspecified atom stereocenters. The second-order valence-corrected chi connectivity index (χ2v) is 3.41. The van der Waals surface area contributed by atoms with Crippen LogP contribution in [0.4, 0.5) is 0 Å². The summed E-state index contributed by atoms with van der Waals surface area (Å²) in [6.07, 6.45) is 8.58. The van der Waals surface area contributed by atoms with E-state index in [2.05, 4.69) is 22.5 Å². The van der Waals surface area contributed by atoms with Gasteiger partial charge in [0.25, 0.3) is 0 Å². The summed E-state index contributed by atoms with van der Waals surface area (Å²) in [7, 11) is 0. The monoisotopic (exact) mass is 204 g/mol. The topological polar surface area (TPSA) is 42.0 Å². The highest BCUT2D eigenvalue weighted by atomic mass is 16.1. The highest BCUT2D eigenvalue weighted by Crippen LogP contribution is 2.07. The molecule has 1 N–H and O–H groups in total. The first-order valence-electron chi connectivity index (χ1n) is 5.02. The molecule has 1 rings (SSSR count). The number of carbonyl (C=O) groups excluding carboxylic acids is 1. The second kappa shape index (κ2) is 5.96. The highest BCUT2D eigenvalue weighted by molar-refractivity contribution is 5.72. The number of carbonyl (C=O) groups is 1. The third-order valence-corrected chi connectivity index (χ3v) is 2.05. The van der Waals surface area contributed by atoms with Crippen LogP contribution in [0, 0.1) is 6.92 Å². The van der Waals surface area contributed by atoms with Crippen LogP contribution in [-0.2, 0) is 4.79 Å². The Morgan fingerprint density at radius 3 is 3.07 bits per heavy atom. The van der Waals surface area contributed by atoms with Gasteiger partial charge in [-0.15, -0.1) is 0 Å². The molecule has 0 aliphatic carbocycles. The van der Waals surface area contributed by atoms with E-state index in [1.54, 1.807) is 6.20 Å². The zero-order valence-corrected chi connectivity index (χ0v) is 9.16. The van der Waals surface area contributed by atoms with E-state index in [9.17, 15) is 4.79 Å². The van der Waals surface area contributed by atoms with Gasteiger partial charge in [0.05, 0.1) is 0 Å². The first-order valence-corrected chi connectivity index (χ1v) is 5.02. The van der Waals surface area contributed by atoms with Crippen LogP contribution in [-0.4, -0.2) is 17.4 Å². The van der Waals surface area contributed by atoms with E-state index < -0.39 is 0 Å². The Bertz CT molecular complexity index is 358. The van der Waals surface area contributed by atoms with Gasteiger partial charge in [-0.25, -0.2) is 0 Å². The van der Waals surface area contributed by atoms with Gasteiger partial charge in [-0.1, -0.05) is 12.2 Å². The van der Waals surface area contributed by atoms with Crippen molar-refractivity contribution in [2.45, 2.75) is 20.3 Å². The largest absolute Gasteiger partial charge is 0.356 e. The van der Waals surface area contributed by atoms with Crippen molar-refractivity contribution >= 4 is 12.0 Å². The fraction of sp³-hybridized carbons (Fsp3) is 0.333. The maximum Gasteiger partial charge on any atom is 0.216 e. The van der Waals surface area contributed by atoms with Crippen molar-refractivity contribution in [1.29, 1.82) is 0 Å². The fourth-order valence-electron chi connectivity index (χ4n) is 1.21. The zero-order chi connectivity index (χ0) is 11.1. The van der Waals surface area contributed by atoms with Crippen molar-refractivity contribution in [2.75, 3.05) is 6.54 Å². The maximum atomic E-state index is 10.6. The van der Waals surface area contributed by atoms with Crippen LogP contribution in [0.3, 0.4) is 0 Å². The lowest BCUT2D eigenvalue weighted by molar-refractivity contribution is -0.118. The van der Waals surface area contributed by atoms with E-state index >= 15 is 0 Å². The average molecular weight is 204 g/mol. The molecule has 0 spiro atoms. The Hall–Kier alpha value is -1.64. The lowest BCUT2D eigenvalue weighted by atomic mass is 10.1. The Labute approximate surface area is 90.2 Å². The molecule has 0 aliphatic rings. The molecule has 3 heteroatoms. The number of rotatable bonds is 4. The molecule has 1 heterocycles. The minimum absolute atomic E-state index is 0.0171. The third-order valence-electron chi connectivity index (χ3n) is 2.05. The van der Waals surface area contributed by atoms with Crippen molar-refractivity contribution in [1.82, 2.24) is 10.3 Å². The van der Waals surface area contributed by atoms with E-state index in [-0.39, 0.29) is 5.91 Å². The van der Waals surface area contributed by atoms with Gasteiger partial charge in [0.15, 0.2) is 0 Å². The van der Waals surface area contributed by atoms with Gasteiger partial charge in [0.1, 0.15) is 0 Å². The molecule has 0 atom stereocenters. The second-order valence-electron chi connectivity index (χ2n) is 3.41. The Balaban J connectivity index is 2.38. The standard InChI is InChI=1S/C12H16N2O/c1-10-9-13-8-6-12(10)5-3-4-7-14-11(2)15/h3,5-6,8-9H,4,7H2,1-2H3,(H,14,15). The number of nitrogens with zero attached hydrogens (tertiary/aromatic N) is 1. The van der Waals surface area contributed by atoms with Crippen molar-refractivity contribution in [2.24, 2.45) is 0 Å². The third kappa shape index (κ3) is 4.40. The normalized spacial score (nSPS) is 10.5. The molecule has 0 aliphatic heterocycles. The smallest absolute Gasteiger partial charge is 0.216 e. The number of pyridine rings is 1. The van der Waals surface area contributed by atoms with Gasteiger partial charge in [-0.2, -0.15) is 0 Å². The van der Waals surface area contributed by atoms with Crippen LogP contribution in [0.25, 0.3) is 6.08 Å². The van der Waals surface area contributed by atoms with E-state index in [0.717, 1.165) is 12.0 Å². The average Bonchev–Trinajstić information content (AvgIpc) is 2.20. The molecule has 0 saturated carbocycles. The van der Waals surface area contributed by atoms with Crippen LogP contribution >= 0.6 is 0 Å². The number of hydrogen-bond donors (Lipinski definition) is 1. The van der Waals surface area contributed by atoms with Gasteiger partial charge in [0, 0.05) is 25.9 Å². The lowest BCUT2D eigenvalue weighted by Gasteiger charge is -1.99. The molecule has 1 amide bonds. The Morgan fingerprint density at radius 1 is 1.60 bits per heavy atom. The Kier molecular flexibility index (Phi) is 4.54. The molecular formula is C12H16N2O. The Morgan fingerprint density at radius 2 is 2.40 bits per heavy atom. The van der Waals surface area contributed by atoms with E-state index in [0.29, 0.717) is 6.54 Å². The predicted octanol–water partition coefficient (Wildman–Crippen LogP) is 1.93. The van der Waals surface area contributed by atoms with Crippen LogP contribution in [0.1, 0.15) is 24.5 Å². The number of nitrogens with one attached hydrogen (secondary N) is 1. The molecule has 0 aromatic carbocycles. The maximum absolute atomic E-state index is 10.6. The van der Waals surface area contributed by atoms with Crippen LogP contribution in [0.15, 0.2) is 24.5 Å². The lowest BCUT2D eigenvalue weighted by Crippen LogP contribution is -2.20. The molecule has 15 heavy (non-hydrogen) atoms. The molecule has 0 bridgehead atoms.